The summed E-state index contributed by atoms with van der Waals surface area (Å²) in [7, 11) is 0. The normalized spacial score (nSPS) is 16.9. The molecule has 1 heterocycles. The number of carbonyl (C=O) groups excluding carboxylic acids is 1. The van der Waals surface area contributed by atoms with Gasteiger partial charge in [0.15, 0.2) is 0 Å². The third-order valence-corrected chi connectivity index (χ3v) is 3.83. The van der Waals surface area contributed by atoms with Crippen LogP contribution in [0.2, 0.25) is 0 Å². The van der Waals surface area contributed by atoms with E-state index in [2.05, 4.69) is 23.8 Å². The fraction of sp³-hybridized carbons (Fsp3) is 0.727. The smallest absolute Gasteiger partial charge is 0.246 e. The van der Waals surface area contributed by atoms with E-state index < -0.39 is 0 Å². The Bertz CT molecular complexity index is 257. The zero-order chi connectivity index (χ0) is 11.3. The molecule has 1 unspecified atom stereocenters. The van der Waals surface area contributed by atoms with Gasteiger partial charge < -0.3 is 10.6 Å². The number of rotatable bonds is 5. The summed E-state index contributed by atoms with van der Waals surface area (Å²) in [6.07, 6.45) is 3.13. The third-order valence-electron chi connectivity index (χ3n) is 2.79. The lowest BCUT2D eigenvalue weighted by atomic mass is 10.0. The zero-order valence-corrected chi connectivity index (χ0v) is 10.5. The molecule has 15 heavy (non-hydrogen) atoms. The molecule has 3 nitrogen and oxygen atoms in total. The SMILES string of the molecule is CSC(C)CCNC(=O)C(C)=C1CNC1. The molecule has 0 aromatic carbocycles. The van der Waals surface area contributed by atoms with Crippen molar-refractivity contribution in [1.29, 1.82) is 0 Å². The molecule has 0 radical (unpaired) electrons. The van der Waals surface area contributed by atoms with Crippen LogP contribution in [0.5, 0.6) is 0 Å². The summed E-state index contributed by atoms with van der Waals surface area (Å²) in [4.78, 5) is 11.6. The van der Waals surface area contributed by atoms with Crippen LogP contribution < -0.4 is 10.6 Å². The van der Waals surface area contributed by atoms with Crippen LogP contribution in [0.4, 0.5) is 0 Å². The molecule has 0 bridgehead atoms. The van der Waals surface area contributed by atoms with Crippen LogP contribution in [0.3, 0.4) is 0 Å². The average Bonchev–Trinajstić information content (AvgIpc) is 2.14. The molecular weight excluding hydrogens is 208 g/mol. The Morgan fingerprint density at radius 1 is 1.60 bits per heavy atom. The molecule has 1 fully saturated rings. The molecule has 0 spiro atoms. The Hall–Kier alpha value is -0.480. The molecule has 1 saturated heterocycles. The second kappa shape index (κ2) is 6.18. The van der Waals surface area contributed by atoms with Gasteiger partial charge in [0.2, 0.25) is 5.91 Å². The van der Waals surface area contributed by atoms with Gasteiger partial charge in [0, 0.05) is 30.5 Å². The topological polar surface area (TPSA) is 41.1 Å². The lowest BCUT2D eigenvalue weighted by Crippen LogP contribution is -2.38. The lowest BCUT2D eigenvalue weighted by molar-refractivity contribution is -0.117. The van der Waals surface area contributed by atoms with E-state index in [1.807, 2.05) is 18.7 Å². The van der Waals surface area contributed by atoms with E-state index in [9.17, 15) is 4.79 Å². The molecule has 1 aliphatic rings. The van der Waals surface area contributed by atoms with Crippen molar-refractivity contribution in [3.8, 4) is 0 Å². The molecular formula is C11H20N2OS. The van der Waals surface area contributed by atoms with Gasteiger partial charge in [-0.05, 0) is 25.2 Å². The maximum atomic E-state index is 11.6. The summed E-state index contributed by atoms with van der Waals surface area (Å²) in [5.74, 6) is 0.0970. The number of hydrogen-bond acceptors (Lipinski definition) is 3. The summed E-state index contributed by atoms with van der Waals surface area (Å²) < 4.78 is 0. The van der Waals surface area contributed by atoms with Crippen LogP contribution in [0, 0.1) is 0 Å². The van der Waals surface area contributed by atoms with Crippen molar-refractivity contribution in [2.75, 3.05) is 25.9 Å². The number of amides is 1. The molecule has 0 saturated carbocycles. The molecule has 1 amide bonds. The molecule has 0 aliphatic carbocycles. The van der Waals surface area contributed by atoms with Gasteiger partial charge in [-0.2, -0.15) is 11.8 Å². The van der Waals surface area contributed by atoms with Gasteiger partial charge in [0.05, 0.1) is 0 Å². The summed E-state index contributed by atoms with van der Waals surface area (Å²) in [6, 6.07) is 0. The van der Waals surface area contributed by atoms with Gasteiger partial charge in [0.1, 0.15) is 0 Å². The molecule has 4 heteroatoms. The highest BCUT2D eigenvalue weighted by molar-refractivity contribution is 7.99. The van der Waals surface area contributed by atoms with Crippen LogP contribution in [-0.2, 0) is 4.79 Å². The van der Waals surface area contributed by atoms with Crippen molar-refractivity contribution in [1.82, 2.24) is 10.6 Å². The van der Waals surface area contributed by atoms with Crippen LogP contribution >= 0.6 is 11.8 Å². The minimum atomic E-state index is 0.0970. The quantitative estimate of drug-likeness (QED) is 0.694. The van der Waals surface area contributed by atoms with Gasteiger partial charge in [-0.15, -0.1) is 0 Å². The van der Waals surface area contributed by atoms with Crippen LogP contribution in [0.15, 0.2) is 11.1 Å². The second-order valence-corrected chi connectivity index (χ2v) is 5.20. The summed E-state index contributed by atoms with van der Waals surface area (Å²) >= 11 is 1.83. The van der Waals surface area contributed by atoms with E-state index in [4.69, 9.17) is 0 Å². The van der Waals surface area contributed by atoms with Crippen molar-refractivity contribution in [3.05, 3.63) is 11.1 Å². The van der Waals surface area contributed by atoms with E-state index in [0.717, 1.165) is 31.6 Å². The van der Waals surface area contributed by atoms with Crippen LogP contribution in [0.1, 0.15) is 20.3 Å². The van der Waals surface area contributed by atoms with E-state index in [-0.39, 0.29) is 5.91 Å². The standard InChI is InChI=1S/C11H20N2OS/c1-8(15-3)4-5-13-11(14)9(2)10-6-12-7-10/h8,12H,4-7H2,1-3H3,(H,13,14). The minimum absolute atomic E-state index is 0.0970. The Morgan fingerprint density at radius 3 is 2.73 bits per heavy atom. The molecule has 2 N–H and O–H groups in total. The monoisotopic (exact) mass is 228 g/mol. The first kappa shape index (κ1) is 12.6. The van der Waals surface area contributed by atoms with E-state index in [1.54, 1.807) is 0 Å². The van der Waals surface area contributed by atoms with Crippen molar-refractivity contribution in [3.63, 3.8) is 0 Å². The average molecular weight is 228 g/mol. The van der Waals surface area contributed by atoms with E-state index in [0.29, 0.717) is 5.25 Å². The van der Waals surface area contributed by atoms with Crippen molar-refractivity contribution >= 4 is 17.7 Å². The Balaban J connectivity index is 2.24. The van der Waals surface area contributed by atoms with Crippen LogP contribution in [-0.4, -0.2) is 37.0 Å². The van der Waals surface area contributed by atoms with Gasteiger partial charge in [-0.1, -0.05) is 6.92 Å². The van der Waals surface area contributed by atoms with Crippen molar-refractivity contribution in [2.24, 2.45) is 0 Å². The molecule has 1 rings (SSSR count). The largest absolute Gasteiger partial charge is 0.352 e. The maximum absolute atomic E-state index is 11.6. The highest BCUT2D eigenvalue weighted by atomic mass is 32.2. The molecule has 0 aromatic heterocycles. The van der Waals surface area contributed by atoms with Gasteiger partial charge >= 0.3 is 0 Å². The van der Waals surface area contributed by atoms with Crippen LogP contribution in [0.25, 0.3) is 0 Å². The zero-order valence-electron chi connectivity index (χ0n) is 9.72. The Kier molecular flexibility index (Phi) is 5.19. The summed E-state index contributed by atoms with van der Waals surface area (Å²) in [6.45, 7) is 6.61. The first-order chi connectivity index (χ1) is 7.15. The number of carbonyl (C=O) groups is 1. The third kappa shape index (κ3) is 3.87. The maximum Gasteiger partial charge on any atom is 0.246 e. The molecule has 0 aromatic rings. The lowest BCUT2D eigenvalue weighted by Gasteiger charge is -2.21. The molecule has 1 atom stereocenters. The predicted octanol–water partition coefficient (Wildman–Crippen LogP) is 1.16. The first-order valence-corrected chi connectivity index (χ1v) is 6.64. The van der Waals surface area contributed by atoms with Crippen molar-refractivity contribution in [2.45, 2.75) is 25.5 Å². The number of thioether (sulfide) groups is 1. The minimum Gasteiger partial charge on any atom is -0.352 e. The highest BCUT2D eigenvalue weighted by Gasteiger charge is 2.15. The Labute approximate surface area is 96.1 Å². The summed E-state index contributed by atoms with van der Waals surface area (Å²) in [5, 5.41) is 6.71. The van der Waals surface area contributed by atoms with E-state index in [1.165, 1.54) is 5.57 Å². The van der Waals surface area contributed by atoms with E-state index >= 15 is 0 Å². The summed E-state index contributed by atoms with van der Waals surface area (Å²) in [5.41, 5.74) is 2.14. The number of hydrogen-bond donors (Lipinski definition) is 2. The fourth-order valence-electron chi connectivity index (χ4n) is 1.32. The van der Waals surface area contributed by atoms with Crippen molar-refractivity contribution < 1.29 is 4.79 Å². The fourth-order valence-corrected chi connectivity index (χ4v) is 1.67. The first-order valence-electron chi connectivity index (χ1n) is 5.35. The second-order valence-electron chi connectivity index (χ2n) is 3.92. The number of nitrogens with one attached hydrogen (secondary N) is 2. The van der Waals surface area contributed by atoms with Gasteiger partial charge in [-0.25, -0.2) is 0 Å². The molecule has 1 aliphatic heterocycles. The van der Waals surface area contributed by atoms with Gasteiger partial charge in [0.25, 0.3) is 0 Å². The highest BCUT2D eigenvalue weighted by Crippen LogP contribution is 2.10. The molecule has 86 valence electrons. The van der Waals surface area contributed by atoms with Gasteiger partial charge in [-0.3, -0.25) is 4.79 Å². The predicted molar refractivity (Wildman–Crippen MR) is 66.2 cm³/mol. The Morgan fingerprint density at radius 2 is 2.27 bits per heavy atom.